The summed E-state index contributed by atoms with van der Waals surface area (Å²) in [5, 5.41) is 1.10. The molecule has 0 amide bonds. The van der Waals surface area contributed by atoms with Crippen LogP contribution in [0.5, 0.6) is 0 Å². The third-order valence-electron chi connectivity index (χ3n) is 5.33. The van der Waals surface area contributed by atoms with Gasteiger partial charge in [0, 0.05) is 68.5 Å². The molecule has 1 aliphatic rings. The molecule has 144 valence electrons. The summed E-state index contributed by atoms with van der Waals surface area (Å²) in [6, 6.07) is 16.4. The Hall–Kier alpha value is -3.38. The summed E-state index contributed by atoms with van der Waals surface area (Å²) in [5.41, 5.74) is 3.21. The zero-order chi connectivity index (χ0) is 19.5. The first-order valence-electron chi connectivity index (χ1n) is 9.90. The van der Waals surface area contributed by atoms with Gasteiger partial charge in [-0.05, 0) is 42.0 Å². The minimum absolute atomic E-state index is 0.728. The van der Waals surface area contributed by atoms with E-state index in [0.29, 0.717) is 0 Å². The second-order valence-corrected chi connectivity index (χ2v) is 7.25. The van der Waals surface area contributed by atoms with E-state index in [1.54, 1.807) is 6.20 Å². The Morgan fingerprint density at radius 1 is 0.759 bits per heavy atom. The molecule has 0 atom stereocenters. The number of aromatic nitrogens is 4. The Kier molecular flexibility index (Phi) is 4.84. The summed E-state index contributed by atoms with van der Waals surface area (Å²) in [4.78, 5) is 22.9. The van der Waals surface area contributed by atoms with Crippen molar-refractivity contribution in [2.45, 2.75) is 6.54 Å². The van der Waals surface area contributed by atoms with Crippen molar-refractivity contribution >= 4 is 16.7 Å². The van der Waals surface area contributed by atoms with E-state index in [0.717, 1.165) is 60.8 Å². The number of pyridine rings is 2. The monoisotopic (exact) mass is 382 g/mol. The van der Waals surface area contributed by atoms with Crippen LogP contribution in [-0.2, 0) is 6.54 Å². The third-order valence-corrected chi connectivity index (χ3v) is 5.33. The Labute approximate surface area is 169 Å². The molecule has 0 aliphatic carbocycles. The van der Waals surface area contributed by atoms with E-state index in [9.17, 15) is 0 Å². The molecule has 1 aliphatic heterocycles. The van der Waals surface area contributed by atoms with Gasteiger partial charge < -0.3 is 4.90 Å². The van der Waals surface area contributed by atoms with Crippen molar-refractivity contribution in [3.8, 4) is 11.4 Å². The zero-order valence-corrected chi connectivity index (χ0v) is 16.1. The van der Waals surface area contributed by atoms with E-state index in [1.807, 2.05) is 36.8 Å². The normalized spacial score (nSPS) is 15.0. The number of piperazine rings is 1. The molecule has 5 rings (SSSR count). The molecule has 0 bridgehead atoms. The third kappa shape index (κ3) is 3.79. The first-order chi connectivity index (χ1) is 14.4. The van der Waals surface area contributed by atoms with Crippen LogP contribution in [0.15, 0.2) is 73.3 Å². The average Bonchev–Trinajstić information content (AvgIpc) is 2.80. The molecule has 6 heteroatoms. The SMILES string of the molecule is c1cncc(-c2nc(N3CCN(Cc4ccncc4)CC3)c3ccccc3n2)c1. The van der Waals surface area contributed by atoms with Crippen molar-refractivity contribution in [3.05, 3.63) is 78.9 Å². The fourth-order valence-electron chi connectivity index (χ4n) is 3.79. The smallest absolute Gasteiger partial charge is 0.163 e. The van der Waals surface area contributed by atoms with Crippen molar-refractivity contribution in [1.82, 2.24) is 24.8 Å². The summed E-state index contributed by atoms with van der Waals surface area (Å²) in [6.45, 7) is 4.85. The van der Waals surface area contributed by atoms with Crippen LogP contribution in [0.2, 0.25) is 0 Å². The van der Waals surface area contributed by atoms with Crippen molar-refractivity contribution < 1.29 is 0 Å². The molecule has 1 aromatic carbocycles. The second kappa shape index (κ2) is 7.93. The summed E-state index contributed by atoms with van der Waals surface area (Å²) >= 11 is 0. The number of hydrogen-bond acceptors (Lipinski definition) is 6. The number of fused-ring (bicyclic) bond motifs is 1. The Bertz CT molecular complexity index is 1090. The Morgan fingerprint density at radius 3 is 2.38 bits per heavy atom. The van der Waals surface area contributed by atoms with Crippen LogP contribution < -0.4 is 4.90 Å². The van der Waals surface area contributed by atoms with Crippen LogP contribution >= 0.6 is 0 Å². The predicted molar refractivity (Wildman–Crippen MR) is 114 cm³/mol. The van der Waals surface area contributed by atoms with Crippen molar-refractivity contribution in [2.75, 3.05) is 31.1 Å². The maximum absolute atomic E-state index is 4.95. The first kappa shape index (κ1) is 17.7. The van der Waals surface area contributed by atoms with Crippen molar-refractivity contribution in [3.63, 3.8) is 0 Å². The van der Waals surface area contributed by atoms with Crippen LogP contribution in [0.1, 0.15) is 5.56 Å². The summed E-state index contributed by atoms with van der Waals surface area (Å²) in [7, 11) is 0. The van der Waals surface area contributed by atoms with Gasteiger partial charge in [0.05, 0.1) is 5.52 Å². The molecule has 0 saturated carbocycles. The molecule has 0 unspecified atom stereocenters. The number of rotatable bonds is 4. The van der Waals surface area contributed by atoms with Crippen molar-refractivity contribution in [2.24, 2.45) is 0 Å². The van der Waals surface area contributed by atoms with Gasteiger partial charge >= 0.3 is 0 Å². The highest BCUT2D eigenvalue weighted by Gasteiger charge is 2.21. The predicted octanol–water partition coefficient (Wildman–Crippen LogP) is 3.41. The second-order valence-electron chi connectivity index (χ2n) is 7.25. The highest BCUT2D eigenvalue weighted by Crippen LogP contribution is 2.28. The van der Waals surface area contributed by atoms with Gasteiger partial charge in [-0.15, -0.1) is 0 Å². The minimum atomic E-state index is 0.728. The van der Waals surface area contributed by atoms with Gasteiger partial charge in [0.2, 0.25) is 0 Å². The summed E-state index contributed by atoms with van der Waals surface area (Å²) in [5.74, 6) is 1.74. The molecule has 4 heterocycles. The standard InChI is InChI=1S/C23H22N6/c1-2-6-21-20(5-1)23(27-22(26-21)19-4-3-9-25-16-19)29-14-12-28(13-15-29)17-18-7-10-24-11-8-18/h1-11,16H,12-15,17H2. The molecule has 0 radical (unpaired) electrons. The van der Waals surface area contributed by atoms with Gasteiger partial charge in [-0.3, -0.25) is 14.9 Å². The minimum Gasteiger partial charge on any atom is -0.353 e. The van der Waals surface area contributed by atoms with E-state index in [4.69, 9.17) is 9.97 Å². The van der Waals surface area contributed by atoms with Crippen LogP contribution in [0.4, 0.5) is 5.82 Å². The Morgan fingerprint density at radius 2 is 1.59 bits per heavy atom. The molecule has 29 heavy (non-hydrogen) atoms. The van der Waals surface area contributed by atoms with Crippen LogP contribution in [-0.4, -0.2) is 51.0 Å². The maximum Gasteiger partial charge on any atom is 0.163 e. The van der Waals surface area contributed by atoms with E-state index in [-0.39, 0.29) is 0 Å². The fourth-order valence-corrected chi connectivity index (χ4v) is 3.79. The average molecular weight is 382 g/mol. The Balaban J connectivity index is 1.41. The molecule has 3 aromatic heterocycles. The largest absolute Gasteiger partial charge is 0.353 e. The van der Waals surface area contributed by atoms with E-state index in [1.165, 1.54) is 5.56 Å². The quantitative estimate of drug-likeness (QED) is 0.539. The molecular weight excluding hydrogens is 360 g/mol. The molecule has 1 fully saturated rings. The highest BCUT2D eigenvalue weighted by atomic mass is 15.3. The number of anilines is 1. The lowest BCUT2D eigenvalue weighted by molar-refractivity contribution is 0.249. The highest BCUT2D eigenvalue weighted by molar-refractivity contribution is 5.91. The topological polar surface area (TPSA) is 58.0 Å². The molecule has 0 N–H and O–H groups in total. The van der Waals surface area contributed by atoms with Crippen LogP contribution in [0, 0.1) is 0 Å². The van der Waals surface area contributed by atoms with Gasteiger partial charge in [0.15, 0.2) is 5.82 Å². The van der Waals surface area contributed by atoms with Gasteiger partial charge in [-0.2, -0.15) is 0 Å². The zero-order valence-electron chi connectivity index (χ0n) is 16.1. The lowest BCUT2D eigenvalue weighted by Gasteiger charge is -2.36. The van der Waals surface area contributed by atoms with Crippen LogP contribution in [0.25, 0.3) is 22.3 Å². The van der Waals surface area contributed by atoms with E-state index >= 15 is 0 Å². The molecular formula is C23H22N6. The van der Waals surface area contributed by atoms with Gasteiger partial charge in [-0.1, -0.05) is 12.1 Å². The molecule has 6 nitrogen and oxygen atoms in total. The summed E-state index contributed by atoms with van der Waals surface area (Å²) < 4.78 is 0. The molecule has 4 aromatic rings. The lowest BCUT2D eigenvalue weighted by atomic mass is 10.1. The van der Waals surface area contributed by atoms with Crippen LogP contribution in [0.3, 0.4) is 0 Å². The number of benzene rings is 1. The molecule has 0 spiro atoms. The number of hydrogen-bond donors (Lipinski definition) is 0. The van der Waals surface area contributed by atoms with Gasteiger partial charge in [-0.25, -0.2) is 9.97 Å². The summed E-state index contributed by atoms with van der Waals surface area (Å²) in [6.07, 6.45) is 7.31. The fraction of sp³-hybridized carbons (Fsp3) is 0.217. The van der Waals surface area contributed by atoms with E-state index < -0.39 is 0 Å². The maximum atomic E-state index is 4.95. The van der Waals surface area contributed by atoms with E-state index in [2.05, 4.69) is 50.1 Å². The number of para-hydroxylation sites is 1. The molecule has 1 saturated heterocycles. The lowest BCUT2D eigenvalue weighted by Crippen LogP contribution is -2.46. The number of nitrogens with zero attached hydrogens (tertiary/aromatic N) is 6. The van der Waals surface area contributed by atoms with Crippen molar-refractivity contribution in [1.29, 1.82) is 0 Å². The van der Waals surface area contributed by atoms with Gasteiger partial charge in [0.25, 0.3) is 0 Å². The first-order valence-corrected chi connectivity index (χ1v) is 9.90. The van der Waals surface area contributed by atoms with Gasteiger partial charge in [0.1, 0.15) is 5.82 Å².